The topological polar surface area (TPSA) is 84.0 Å². The number of nitrogens with one attached hydrogen (secondary N) is 1. The van der Waals surface area contributed by atoms with Crippen molar-refractivity contribution in [2.75, 3.05) is 20.2 Å². The van der Waals surface area contributed by atoms with Gasteiger partial charge in [-0.2, -0.15) is 0 Å². The summed E-state index contributed by atoms with van der Waals surface area (Å²) in [6.45, 7) is 1.40. The van der Waals surface area contributed by atoms with Crippen molar-refractivity contribution in [2.45, 2.75) is 18.8 Å². The minimum atomic E-state index is -0.0364. The molecule has 1 N–H and O–H groups in total. The first-order valence-corrected chi connectivity index (χ1v) is 8.34. The summed E-state index contributed by atoms with van der Waals surface area (Å²) in [5.74, 6) is 1.33. The van der Waals surface area contributed by atoms with Gasteiger partial charge in [-0.1, -0.05) is 12.1 Å². The Bertz CT molecular complexity index is 849. The summed E-state index contributed by atoms with van der Waals surface area (Å²) in [6.07, 6.45) is 4.81. The molecule has 3 heterocycles. The van der Waals surface area contributed by atoms with Crippen LogP contribution in [0.2, 0.25) is 0 Å². The zero-order valence-corrected chi connectivity index (χ0v) is 14.0. The number of piperidine rings is 1. The summed E-state index contributed by atoms with van der Waals surface area (Å²) in [5, 5.41) is 0. The second-order valence-corrected chi connectivity index (χ2v) is 6.16. The van der Waals surface area contributed by atoms with E-state index in [2.05, 4.69) is 15.0 Å². The fraction of sp³-hybridized carbons (Fsp3) is 0.333. The maximum Gasteiger partial charge on any atom is 0.316 e. The fourth-order valence-corrected chi connectivity index (χ4v) is 3.24. The molecular weight excluding hydrogens is 318 g/mol. The molecule has 1 aliphatic rings. The molecule has 0 bridgehead atoms. The minimum absolute atomic E-state index is 0.0364. The molecule has 1 saturated heterocycles. The predicted octanol–water partition coefficient (Wildman–Crippen LogP) is 2.38. The highest BCUT2D eigenvalue weighted by Gasteiger charge is 2.26. The first-order chi connectivity index (χ1) is 12.2. The Hall–Kier alpha value is -2.96. The first-order valence-electron chi connectivity index (χ1n) is 8.34. The highest BCUT2D eigenvalue weighted by atomic mass is 16.5. The molecule has 128 valence electrons. The van der Waals surface area contributed by atoms with Crippen LogP contribution in [0.5, 0.6) is 6.01 Å². The van der Waals surface area contributed by atoms with Crippen molar-refractivity contribution in [2.24, 2.45) is 0 Å². The summed E-state index contributed by atoms with van der Waals surface area (Å²) in [4.78, 5) is 30.5. The largest absolute Gasteiger partial charge is 0.467 e. The Morgan fingerprint density at radius 3 is 2.60 bits per heavy atom. The quantitative estimate of drug-likeness (QED) is 0.793. The lowest BCUT2D eigenvalue weighted by atomic mass is 9.96. The van der Waals surface area contributed by atoms with Gasteiger partial charge in [0.25, 0.3) is 5.91 Å². The maximum atomic E-state index is 12.6. The lowest BCUT2D eigenvalue weighted by Crippen LogP contribution is -2.38. The standard InChI is InChI=1S/C18H19N5O2/c1-25-18-19-10-13(11-20-18)17(24)23-8-6-12(7-9-23)16-21-14-4-2-3-5-15(14)22-16/h2-5,10-12H,6-9H2,1H3,(H,21,22). The van der Waals surface area contributed by atoms with Crippen molar-refractivity contribution in [1.82, 2.24) is 24.8 Å². The Kier molecular flexibility index (Phi) is 4.05. The lowest BCUT2D eigenvalue weighted by molar-refractivity contribution is 0.0710. The summed E-state index contributed by atoms with van der Waals surface area (Å²) in [7, 11) is 1.50. The molecule has 7 heteroatoms. The van der Waals surface area contributed by atoms with Crippen LogP contribution in [0.15, 0.2) is 36.7 Å². The molecule has 7 nitrogen and oxygen atoms in total. The zero-order valence-electron chi connectivity index (χ0n) is 14.0. The number of aromatic amines is 1. The molecule has 25 heavy (non-hydrogen) atoms. The van der Waals surface area contributed by atoms with Crippen molar-refractivity contribution < 1.29 is 9.53 Å². The monoisotopic (exact) mass is 337 g/mol. The number of methoxy groups -OCH3 is 1. The Morgan fingerprint density at radius 2 is 1.92 bits per heavy atom. The molecule has 0 atom stereocenters. The van der Waals surface area contributed by atoms with E-state index >= 15 is 0 Å². The van der Waals surface area contributed by atoms with E-state index in [-0.39, 0.29) is 11.9 Å². The van der Waals surface area contributed by atoms with Gasteiger partial charge in [-0.15, -0.1) is 0 Å². The second kappa shape index (κ2) is 6.51. The van der Waals surface area contributed by atoms with E-state index in [0.29, 0.717) is 24.6 Å². The zero-order chi connectivity index (χ0) is 17.2. The van der Waals surface area contributed by atoms with Gasteiger partial charge in [-0.05, 0) is 25.0 Å². The Labute approximate surface area is 145 Å². The third-order valence-electron chi connectivity index (χ3n) is 4.63. The molecule has 0 saturated carbocycles. The third-order valence-corrected chi connectivity index (χ3v) is 4.63. The molecule has 0 aliphatic carbocycles. The van der Waals surface area contributed by atoms with Crippen LogP contribution in [-0.2, 0) is 0 Å². The average molecular weight is 337 g/mol. The number of H-pyrrole nitrogens is 1. The van der Waals surface area contributed by atoms with E-state index < -0.39 is 0 Å². The highest BCUT2D eigenvalue weighted by molar-refractivity contribution is 5.93. The number of carbonyl (C=O) groups is 1. The van der Waals surface area contributed by atoms with Crippen LogP contribution in [-0.4, -0.2) is 50.9 Å². The third kappa shape index (κ3) is 3.05. The number of benzene rings is 1. The number of hydrogen-bond acceptors (Lipinski definition) is 5. The van der Waals surface area contributed by atoms with Crippen molar-refractivity contribution in [3.05, 3.63) is 48.0 Å². The number of imidazole rings is 1. The van der Waals surface area contributed by atoms with Crippen LogP contribution < -0.4 is 4.74 Å². The van der Waals surface area contributed by atoms with Crippen LogP contribution in [0.1, 0.15) is 34.9 Å². The highest BCUT2D eigenvalue weighted by Crippen LogP contribution is 2.28. The molecular formula is C18H19N5O2. The Morgan fingerprint density at radius 1 is 1.20 bits per heavy atom. The summed E-state index contributed by atoms with van der Waals surface area (Å²) in [5.41, 5.74) is 2.54. The van der Waals surface area contributed by atoms with E-state index in [1.165, 1.54) is 19.5 Å². The summed E-state index contributed by atoms with van der Waals surface area (Å²) < 4.78 is 4.92. The molecule has 0 radical (unpaired) electrons. The number of ether oxygens (including phenoxy) is 1. The van der Waals surface area contributed by atoms with Gasteiger partial charge in [-0.3, -0.25) is 4.79 Å². The number of hydrogen-bond donors (Lipinski definition) is 1. The molecule has 2 aromatic heterocycles. The van der Waals surface area contributed by atoms with Gasteiger partial charge in [0.05, 0.1) is 23.7 Å². The number of rotatable bonds is 3. The van der Waals surface area contributed by atoms with Gasteiger partial charge < -0.3 is 14.6 Å². The van der Waals surface area contributed by atoms with Gasteiger partial charge in [0.1, 0.15) is 5.82 Å². The van der Waals surface area contributed by atoms with Crippen LogP contribution >= 0.6 is 0 Å². The van der Waals surface area contributed by atoms with Crippen LogP contribution in [0.3, 0.4) is 0 Å². The number of aromatic nitrogens is 4. The summed E-state index contributed by atoms with van der Waals surface area (Å²) >= 11 is 0. The summed E-state index contributed by atoms with van der Waals surface area (Å²) in [6, 6.07) is 8.31. The molecule has 0 spiro atoms. The van der Waals surface area contributed by atoms with E-state index in [1.54, 1.807) is 0 Å². The van der Waals surface area contributed by atoms with E-state index in [9.17, 15) is 4.79 Å². The molecule has 0 unspecified atom stereocenters. The average Bonchev–Trinajstić information content (AvgIpc) is 3.12. The van der Waals surface area contributed by atoms with Gasteiger partial charge in [0.2, 0.25) is 0 Å². The van der Waals surface area contributed by atoms with Crippen molar-refractivity contribution in [3.63, 3.8) is 0 Å². The molecule has 1 amide bonds. The first kappa shape index (κ1) is 15.6. The molecule has 4 rings (SSSR count). The Balaban J connectivity index is 1.42. The molecule has 3 aromatic rings. The number of fused-ring (bicyclic) bond motifs is 1. The predicted molar refractivity (Wildman–Crippen MR) is 92.6 cm³/mol. The number of amides is 1. The van der Waals surface area contributed by atoms with E-state index in [4.69, 9.17) is 9.72 Å². The van der Waals surface area contributed by atoms with Crippen molar-refractivity contribution >= 4 is 16.9 Å². The van der Waals surface area contributed by atoms with Crippen molar-refractivity contribution in [1.29, 1.82) is 0 Å². The van der Waals surface area contributed by atoms with Crippen LogP contribution in [0.25, 0.3) is 11.0 Å². The maximum absolute atomic E-state index is 12.6. The van der Waals surface area contributed by atoms with Crippen molar-refractivity contribution in [3.8, 4) is 6.01 Å². The van der Waals surface area contributed by atoms with Crippen LogP contribution in [0, 0.1) is 0 Å². The van der Waals surface area contributed by atoms with E-state index in [0.717, 1.165) is 29.7 Å². The fourth-order valence-electron chi connectivity index (χ4n) is 3.24. The lowest BCUT2D eigenvalue weighted by Gasteiger charge is -2.31. The van der Waals surface area contributed by atoms with Gasteiger partial charge in [-0.25, -0.2) is 15.0 Å². The number of nitrogens with zero attached hydrogens (tertiary/aromatic N) is 4. The van der Waals surface area contributed by atoms with Gasteiger partial charge in [0, 0.05) is 31.4 Å². The smallest absolute Gasteiger partial charge is 0.316 e. The molecule has 1 fully saturated rings. The molecule has 1 aliphatic heterocycles. The minimum Gasteiger partial charge on any atom is -0.467 e. The van der Waals surface area contributed by atoms with Gasteiger partial charge in [0.15, 0.2) is 0 Å². The molecule has 1 aromatic carbocycles. The van der Waals surface area contributed by atoms with E-state index in [1.807, 2.05) is 29.2 Å². The van der Waals surface area contributed by atoms with Crippen LogP contribution in [0.4, 0.5) is 0 Å². The normalized spacial score (nSPS) is 15.5. The van der Waals surface area contributed by atoms with Gasteiger partial charge >= 0.3 is 6.01 Å². The SMILES string of the molecule is COc1ncc(C(=O)N2CCC(c3nc4ccccc4[nH]3)CC2)cn1. The second-order valence-electron chi connectivity index (χ2n) is 6.16. The number of carbonyl (C=O) groups excluding carboxylic acids is 1. The number of likely N-dealkylation sites (tertiary alicyclic amines) is 1. The number of para-hydroxylation sites is 2.